The van der Waals surface area contributed by atoms with Crippen molar-refractivity contribution in [3.8, 4) is 5.75 Å². The standard InChI is InChI=1S/C25H19Cl2N3O4/c1-14-9-10-16(26)12-20(14)30-24(32)21(27)22(25(30)33)28-17-6-3-5-15(11-17)23(31)29-18-7-4-8-19(13-18)34-2/h3-13,28H,1-2H3,(H,29,31). The number of imide groups is 1. The maximum Gasteiger partial charge on any atom is 0.283 e. The van der Waals surface area contributed by atoms with Crippen LogP contribution in [0, 0.1) is 6.92 Å². The molecule has 1 heterocycles. The number of aryl methyl sites for hydroxylation is 1. The van der Waals surface area contributed by atoms with E-state index in [2.05, 4.69) is 10.6 Å². The van der Waals surface area contributed by atoms with Gasteiger partial charge in [-0.15, -0.1) is 0 Å². The van der Waals surface area contributed by atoms with E-state index in [9.17, 15) is 14.4 Å². The van der Waals surface area contributed by atoms with Gasteiger partial charge in [-0.1, -0.05) is 41.4 Å². The molecule has 3 amide bonds. The quantitative estimate of drug-likeness (QED) is 0.450. The highest BCUT2D eigenvalue weighted by Crippen LogP contribution is 2.33. The number of halogens is 2. The Labute approximate surface area is 205 Å². The topological polar surface area (TPSA) is 87.7 Å². The normalized spacial score (nSPS) is 13.4. The van der Waals surface area contributed by atoms with E-state index in [4.69, 9.17) is 27.9 Å². The van der Waals surface area contributed by atoms with Crippen LogP contribution in [0.15, 0.2) is 77.5 Å². The van der Waals surface area contributed by atoms with Crippen LogP contribution in [0.5, 0.6) is 5.75 Å². The number of hydrogen-bond donors (Lipinski definition) is 2. The molecule has 7 nitrogen and oxygen atoms in total. The Morgan fingerprint density at radius 2 is 1.65 bits per heavy atom. The van der Waals surface area contributed by atoms with Crippen molar-refractivity contribution in [1.82, 2.24) is 0 Å². The summed E-state index contributed by atoms with van der Waals surface area (Å²) in [6, 6.07) is 18.4. The Balaban J connectivity index is 1.55. The largest absolute Gasteiger partial charge is 0.497 e. The van der Waals surface area contributed by atoms with Gasteiger partial charge in [0.1, 0.15) is 16.5 Å². The van der Waals surface area contributed by atoms with Crippen LogP contribution in [-0.4, -0.2) is 24.8 Å². The average molecular weight is 496 g/mol. The predicted molar refractivity (Wildman–Crippen MR) is 133 cm³/mol. The van der Waals surface area contributed by atoms with Gasteiger partial charge in [0, 0.05) is 28.0 Å². The van der Waals surface area contributed by atoms with Gasteiger partial charge in [-0.3, -0.25) is 14.4 Å². The van der Waals surface area contributed by atoms with Crippen molar-refractivity contribution in [3.63, 3.8) is 0 Å². The fraction of sp³-hybridized carbons (Fsp3) is 0.0800. The minimum atomic E-state index is -0.661. The molecule has 0 unspecified atom stereocenters. The van der Waals surface area contributed by atoms with E-state index in [1.165, 1.54) is 6.07 Å². The Hall–Kier alpha value is -3.81. The number of hydrogen-bond acceptors (Lipinski definition) is 5. The third kappa shape index (κ3) is 4.62. The van der Waals surface area contributed by atoms with E-state index in [1.807, 2.05) is 0 Å². The Kier molecular flexibility index (Phi) is 6.58. The summed E-state index contributed by atoms with van der Waals surface area (Å²) in [5.41, 5.74) is 2.27. The summed E-state index contributed by atoms with van der Waals surface area (Å²) in [5.74, 6) is -1.03. The molecule has 3 aromatic rings. The molecule has 9 heteroatoms. The van der Waals surface area contributed by atoms with Crippen molar-refractivity contribution in [2.75, 3.05) is 22.6 Å². The van der Waals surface area contributed by atoms with E-state index in [0.29, 0.717) is 39.0 Å². The Bertz CT molecular complexity index is 1350. The second kappa shape index (κ2) is 9.59. The molecule has 3 aromatic carbocycles. The number of carbonyl (C=O) groups excluding carboxylic acids is 3. The van der Waals surface area contributed by atoms with Gasteiger partial charge in [0.05, 0.1) is 12.8 Å². The molecule has 0 saturated heterocycles. The van der Waals surface area contributed by atoms with Gasteiger partial charge < -0.3 is 15.4 Å². The number of amides is 3. The number of nitrogens with one attached hydrogen (secondary N) is 2. The van der Waals surface area contributed by atoms with Crippen LogP contribution >= 0.6 is 23.2 Å². The van der Waals surface area contributed by atoms with E-state index in [0.717, 1.165) is 4.90 Å². The molecule has 0 spiro atoms. The summed E-state index contributed by atoms with van der Waals surface area (Å²) >= 11 is 12.3. The van der Waals surface area contributed by atoms with Crippen LogP contribution in [0.3, 0.4) is 0 Å². The number of benzene rings is 3. The van der Waals surface area contributed by atoms with Crippen molar-refractivity contribution in [2.45, 2.75) is 6.92 Å². The first-order valence-electron chi connectivity index (χ1n) is 10.2. The third-order valence-corrected chi connectivity index (χ3v) is 5.75. The van der Waals surface area contributed by atoms with E-state index >= 15 is 0 Å². The fourth-order valence-electron chi connectivity index (χ4n) is 3.44. The third-order valence-electron chi connectivity index (χ3n) is 5.16. The second-order valence-corrected chi connectivity index (χ2v) is 8.27. The van der Waals surface area contributed by atoms with Gasteiger partial charge in [-0.2, -0.15) is 0 Å². The molecular formula is C25H19Cl2N3O4. The molecule has 0 atom stereocenters. The van der Waals surface area contributed by atoms with E-state index in [1.54, 1.807) is 74.7 Å². The highest BCUT2D eigenvalue weighted by atomic mass is 35.5. The first-order chi connectivity index (χ1) is 16.3. The zero-order valence-corrected chi connectivity index (χ0v) is 19.7. The summed E-state index contributed by atoms with van der Waals surface area (Å²) < 4.78 is 5.17. The minimum Gasteiger partial charge on any atom is -0.497 e. The molecule has 1 aliphatic heterocycles. The summed E-state index contributed by atoms with van der Waals surface area (Å²) in [7, 11) is 1.54. The summed E-state index contributed by atoms with van der Waals surface area (Å²) in [4.78, 5) is 39.6. The first kappa shape index (κ1) is 23.4. The molecule has 0 radical (unpaired) electrons. The lowest BCUT2D eigenvalue weighted by molar-refractivity contribution is -0.120. The van der Waals surface area contributed by atoms with Gasteiger partial charge in [0.2, 0.25) is 0 Å². The van der Waals surface area contributed by atoms with Crippen molar-refractivity contribution >= 4 is 58.0 Å². The molecule has 0 saturated carbocycles. The molecular weight excluding hydrogens is 477 g/mol. The molecule has 0 aromatic heterocycles. The Morgan fingerprint density at radius 1 is 0.912 bits per heavy atom. The zero-order valence-electron chi connectivity index (χ0n) is 18.2. The number of nitrogens with zero attached hydrogens (tertiary/aromatic N) is 1. The van der Waals surface area contributed by atoms with Gasteiger partial charge in [0.15, 0.2) is 0 Å². The number of rotatable bonds is 6. The lowest BCUT2D eigenvalue weighted by atomic mass is 10.1. The second-order valence-electron chi connectivity index (χ2n) is 7.46. The van der Waals surface area contributed by atoms with Crippen molar-refractivity contribution in [2.24, 2.45) is 0 Å². The number of methoxy groups -OCH3 is 1. The lowest BCUT2D eigenvalue weighted by Gasteiger charge is -2.18. The molecule has 34 heavy (non-hydrogen) atoms. The van der Waals surface area contributed by atoms with Crippen LogP contribution < -0.4 is 20.3 Å². The van der Waals surface area contributed by atoms with Crippen molar-refractivity contribution in [1.29, 1.82) is 0 Å². The summed E-state index contributed by atoms with van der Waals surface area (Å²) in [6.07, 6.45) is 0. The molecule has 0 fully saturated rings. The monoisotopic (exact) mass is 495 g/mol. The lowest BCUT2D eigenvalue weighted by Crippen LogP contribution is -2.32. The van der Waals surface area contributed by atoms with Crippen LogP contribution in [0.25, 0.3) is 0 Å². The van der Waals surface area contributed by atoms with Crippen LogP contribution in [0.1, 0.15) is 15.9 Å². The molecule has 4 rings (SSSR count). The number of anilines is 3. The molecule has 0 bridgehead atoms. The van der Waals surface area contributed by atoms with Crippen LogP contribution in [0.4, 0.5) is 17.1 Å². The zero-order chi connectivity index (χ0) is 24.4. The predicted octanol–water partition coefficient (Wildman–Crippen LogP) is 5.35. The molecule has 2 N–H and O–H groups in total. The summed E-state index contributed by atoms with van der Waals surface area (Å²) in [5, 5.41) is 5.81. The molecule has 1 aliphatic rings. The Morgan fingerprint density at radius 3 is 2.41 bits per heavy atom. The van der Waals surface area contributed by atoms with E-state index in [-0.39, 0.29) is 16.6 Å². The van der Waals surface area contributed by atoms with Gasteiger partial charge in [-0.25, -0.2) is 4.90 Å². The van der Waals surface area contributed by atoms with Crippen LogP contribution in [0.2, 0.25) is 5.02 Å². The van der Waals surface area contributed by atoms with Crippen LogP contribution in [-0.2, 0) is 9.59 Å². The van der Waals surface area contributed by atoms with Crippen molar-refractivity contribution in [3.05, 3.63) is 93.6 Å². The van der Waals surface area contributed by atoms with Crippen molar-refractivity contribution < 1.29 is 19.1 Å². The number of ether oxygens (including phenoxy) is 1. The SMILES string of the molecule is COc1cccc(NC(=O)c2cccc(NC3=C(Cl)C(=O)N(c4cc(Cl)ccc4C)C3=O)c2)c1. The van der Waals surface area contributed by atoms with Gasteiger partial charge in [-0.05, 0) is 55.0 Å². The van der Waals surface area contributed by atoms with Gasteiger partial charge >= 0.3 is 0 Å². The molecule has 0 aliphatic carbocycles. The van der Waals surface area contributed by atoms with Gasteiger partial charge in [0.25, 0.3) is 17.7 Å². The molecule has 172 valence electrons. The summed E-state index contributed by atoms with van der Waals surface area (Å²) in [6.45, 7) is 1.76. The maximum absolute atomic E-state index is 13.1. The van der Waals surface area contributed by atoms with E-state index < -0.39 is 11.8 Å². The maximum atomic E-state index is 13.1. The number of carbonyl (C=O) groups is 3. The fourth-order valence-corrected chi connectivity index (χ4v) is 3.82. The first-order valence-corrected chi connectivity index (χ1v) is 10.9. The highest BCUT2D eigenvalue weighted by molar-refractivity contribution is 6.53. The highest BCUT2D eigenvalue weighted by Gasteiger charge is 2.39. The average Bonchev–Trinajstić information content (AvgIpc) is 3.04. The smallest absolute Gasteiger partial charge is 0.283 e. The minimum absolute atomic E-state index is 0.0867.